The highest BCUT2D eigenvalue weighted by Crippen LogP contribution is 2.17. The summed E-state index contributed by atoms with van der Waals surface area (Å²) in [6, 6.07) is 3.02. The molecule has 1 aliphatic rings. The topological polar surface area (TPSA) is 63.7 Å². The number of esters is 1. The average Bonchev–Trinajstić information content (AvgIpc) is 3.06. The highest BCUT2D eigenvalue weighted by molar-refractivity contribution is 7.14. The number of likely N-dealkylation sites (tertiary alicyclic amines) is 1. The van der Waals surface area contributed by atoms with E-state index in [9.17, 15) is 14.4 Å². The minimum Gasteiger partial charge on any atom is -0.465 e. The second kappa shape index (κ2) is 6.35. The van der Waals surface area contributed by atoms with Crippen LogP contribution in [0.5, 0.6) is 0 Å². The van der Waals surface area contributed by atoms with Crippen molar-refractivity contribution in [2.24, 2.45) is 0 Å². The van der Waals surface area contributed by atoms with Crippen molar-refractivity contribution in [1.29, 1.82) is 0 Å². The van der Waals surface area contributed by atoms with E-state index in [0.29, 0.717) is 17.7 Å². The number of hydrogen-bond acceptors (Lipinski definition) is 5. The van der Waals surface area contributed by atoms with Gasteiger partial charge in [-0.2, -0.15) is 0 Å². The number of ether oxygens (including phenoxy) is 1. The molecule has 0 radical (unpaired) electrons. The Bertz CT molecular complexity index is 596. The number of rotatable bonds is 3. The third kappa shape index (κ3) is 3.06. The molecule has 1 aromatic rings. The van der Waals surface area contributed by atoms with Gasteiger partial charge in [0.15, 0.2) is 0 Å². The largest absolute Gasteiger partial charge is 0.465 e. The first-order chi connectivity index (χ1) is 9.65. The fourth-order valence-corrected chi connectivity index (χ4v) is 2.73. The van der Waals surface area contributed by atoms with Crippen molar-refractivity contribution < 1.29 is 19.1 Å². The molecule has 0 aromatic carbocycles. The van der Waals surface area contributed by atoms with Crippen LogP contribution < -0.4 is 0 Å². The Labute approximate surface area is 120 Å². The number of amides is 1. The van der Waals surface area contributed by atoms with Crippen LogP contribution >= 0.6 is 11.3 Å². The molecule has 5 nitrogen and oxygen atoms in total. The smallest absolute Gasteiger partial charge is 0.348 e. The summed E-state index contributed by atoms with van der Waals surface area (Å²) in [4.78, 5) is 36.3. The van der Waals surface area contributed by atoms with Crippen LogP contribution in [0.3, 0.4) is 0 Å². The number of carbonyl (C=O) groups excluding carboxylic acids is 3. The van der Waals surface area contributed by atoms with E-state index in [-0.39, 0.29) is 18.5 Å². The Morgan fingerprint density at radius 3 is 3.10 bits per heavy atom. The zero-order valence-electron chi connectivity index (χ0n) is 10.9. The van der Waals surface area contributed by atoms with Gasteiger partial charge in [-0.1, -0.05) is 11.8 Å². The van der Waals surface area contributed by atoms with E-state index in [0.717, 1.165) is 11.2 Å². The second-order valence-electron chi connectivity index (χ2n) is 4.22. The predicted molar refractivity (Wildman–Crippen MR) is 73.3 cm³/mol. The Hall–Kier alpha value is -2.13. The first-order valence-corrected chi connectivity index (χ1v) is 6.89. The zero-order valence-corrected chi connectivity index (χ0v) is 11.7. The Balaban J connectivity index is 2.01. The van der Waals surface area contributed by atoms with Crippen LogP contribution in [-0.2, 0) is 14.3 Å². The van der Waals surface area contributed by atoms with Crippen LogP contribution in [0.15, 0.2) is 12.1 Å². The molecule has 1 aromatic heterocycles. The van der Waals surface area contributed by atoms with Gasteiger partial charge in [0.05, 0.1) is 24.6 Å². The van der Waals surface area contributed by atoms with Gasteiger partial charge in [-0.15, -0.1) is 11.3 Å². The third-order valence-corrected chi connectivity index (χ3v) is 3.97. The van der Waals surface area contributed by atoms with Crippen LogP contribution in [0.2, 0.25) is 0 Å². The number of aldehydes is 1. The quantitative estimate of drug-likeness (QED) is 0.475. The van der Waals surface area contributed by atoms with Crippen LogP contribution in [0.1, 0.15) is 27.4 Å². The SMILES string of the molecule is COC(=O)c1ccc(C#CCN2C(=O)CCC2C=O)s1. The van der Waals surface area contributed by atoms with E-state index in [1.165, 1.54) is 23.3 Å². The Kier molecular flexibility index (Phi) is 4.53. The van der Waals surface area contributed by atoms with Crippen molar-refractivity contribution in [3.05, 3.63) is 21.9 Å². The second-order valence-corrected chi connectivity index (χ2v) is 5.30. The number of methoxy groups -OCH3 is 1. The van der Waals surface area contributed by atoms with Crippen molar-refractivity contribution in [3.8, 4) is 11.8 Å². The standard InChI is InChI=1S/C14H13NO4S/c1-19-14(18)12-6-5-11(20-12)3-2-8-15-10(9-16)4-7-13(15)17/h5-6,9-10H,4,7-8H2,1H3. The molecule has 0 N–H and O–H groups in total. The first-order valence-electron chi connectivity index (χ1n) is 6.07. The maximum Gasteiger partial charge on any atom is 0.348 e. The minimum atomic E-state index is -0.390. The van der Waals surface area contributed by atoms with Gasteiger partial charge in [0.1, 0.15) is 11.2 Å². The molecule has 6 heteroatoms. The van der Waals surface area contributed by atoms with Crippen molar-refractivity contribution in [2.75, 3.05) is 13.7 Å². The van der Waals surface area contributed by atoms with E-state index < -0.39 is 5.97 Å². The maximum atomic E-state index is 11.6. The normalized spacial score (nSPS) is 17.6. The van der Waals surface area contributed by atoms with Gasteiger partial charge in [0, 0.05) is 6.42 Å². The van der Waals surface area contributed by atoms with Gasteiger partial charge >= 0.3 is 5.97 Å². The summed E-state index contributed by atoms with van der Waals surface area (Å²) in [5.74, 6) is 5.32. The molecule has 20 heavy (non-hydrogen) atoms. The van der Waals surface area contributed by atoms with Gasteiger partial charge in [-0.05, 0) is 18.6 Å². The number of carbonyl (C=O) groups is 3. The highest BCUT2D eigenvalue weighted by Gasteiger charge is 2.29. The van der Waals surface area contributed by atoms with Gasteiger partial charge in [0.25, 0.3) is 0 Å². The molecule has 1 unspecified atom stereocenters. The van der Waals surface area contributed by atoms with Gasteiger partial charge in [0.2, 0.25) is 5.91 Å². The van der Waals surface area contributed by atoms with Crippen molar-refractivity contribution in [3.63, 3.8) is 0 Å². The summed E-state index contributed by atoms with van der Waals surface area (Å²) in [5.41, 5.74) is 0. The molecule has 1 fully saturated rings. The van der Waals surface area contributed by atoms with E-state index in [1.54, 1.807) is 12.1 Å². The monoisotopic (exact) mass is 291 g/mol. The van der Waals surface area contributed by atoms with E-state index >= 15 is 0 Å². The lowest BCUT2D eigenvalue weighted by Crippen LogP contribution is -2.34. The van der Waals surface area contributed by atoms with Crippen molar-refractivity contribution in [2.45, 2.75) is 18.9 Å². The Morgan fingerprint density at radius 2 is 2.40 bits per heavy atom. The molecule has 0 spiro atoms. The number of thiophene rings is 1. The molecular formula is C14H13NO4S. The summed E-state index contributed by atoms with van der Waals surface area (Å²) in [7, 11) is 1.33. The molecule has 1 amide bonds. The molecule has 1 saturated heterocycles. The summed E-state index contributed by atoms with van der Waals surface area (Å²) >= 11 is 1.23. The molecule has 2 rings (SSSR count). The Morgan fingerprint density at radius 1 is 1.60 bits per heavy atom. The fourth-order valence-electron chi connectivity index (χ4n) is 1.93. The highest BCUT2D eigenvalue weighted by atomic mass is 32.1. The average molecular weight is 291 g/mol. The lowest BCUT2D eigenvalue weighted by atomic mass is 10.2. The fraction of sp³-hybridized carbons (Fsp3) is 0.357. The number of hydrogen-bond donors (Lipinski definition) is 0. The minimum absolute atomic E-state index is 0.0437. The molecular weight excluding hydrogens is 278 g/mol. The molecule has 0 bridgehead atoms. The van der Waals surface area contributed by atoms with Gasteiger partial charge in [-0.25, -0.2) is 4.79 Å². The molecule has 0 aliphatic carbocycles. The summed E-state index contributed by atoms with van der Waals surface area (Å²) in [6.07, 6.45) is 1.75. The van der Waals surface area contributed by atoms with Crippen LogP contribution in [0.25, 0.3) is 0 Å². The van der Waals surface area contributed by atoms with E-state index in [2.05, 4.69) is 16.6 Å². The first kappa shape index (κ1) is 14.3. The van der Waals surface area contributed by atoms with Crippen LogP contribution in [0, 0.1) is 11.8 Å². The third-order valence-electron chi connectivity index (χ3n) is 2.99. The molecule has 2 heterocycles. The van der Waals surface area contributed by atoms with Crippen molar-refractivity contribution >= 4 is 29.5 Å². The van der Waals surface area contributed by atoms with Crippen molar-refractivity contribution in [1.82, 2.24) is 4.90 Å². The predicted octanol–water partition coefficient (Wildman–Crippen LogP) is 1.08. The molecule has 0 saturated carbocycles. The maximum absolute atomic E-state index is 11.6. The summed E-state index contributed by atoms with van der Waals surface area (Å²) in [6.45, 7) is 0.230. The van der Waals surface area contributed by atoms with E-state index in [4.69, 9.17) is 0 Å². The lowest BCUT2D eigenvalue weighted by molar-refractivity contribution is -0.130. The van der Waals surface area contributed by atoms with Crippen LogP contribution in [0.4, 0.5) is 0 Å². The lowest BCUT2D eigenvalue weighted by Gasteiger charge is -2.16. The van der Waals surface area contributed by atoms with Gasteiger partial charge < -0.3 is 14.4 Å². The molecule has 104 valence electrons. The van der Waals surface area contributed by atoms with Gasteiger partial charge in [-0.3, -0.25) is 4.79 Å². The van der Waals surface area contributed by atoms with Crippen LogP contribution in [-0.4, -0.2) is 42.8 Å². The zero-order chi connectivity index (χ0) is 14.5. The summed E-state index contributed by atoms with van der Waals surface area (Å²) < 4.78 is 4.61. The molecule has 1 atom stereocenters. The van der Waals surface area contributed by atoms with E-state index in [1.807, 2.05) is 0 Å². The summed E-state index contributed by atoms with van der Waals surface area (Å²) in [5, 5.41) is 0. The number of nitrogens with zero attached hydrogens (tertiary/aromatic N) is 1. The molecule has 1 aliphatic heterocycles.